The van der Waals surface area contributed by atoms with Gasteiger partial charge in [-0.2, -0.15) is 4.68 Å². The Labute approximate surface area is 184 Å². The third-order valence-electron chi connectivity index (χ3n) is 5.46. The molecule has 4 rings (SSSR count). The van der Waals surface area contributed by atoms with Crippen LogP contribution < -0.4 is 0 Å². The number of aromatic nitrogens is 4. The van der Waals surface area contributed by atoms with Crippen LogP contribution >= 0.6 is 11.8 Å². The number of phenolic OH excluding ortho intramolecular Hbond substituents is 1. The van der Waals surface area contributed by atoms with E-state index in [2.05, 4.69) is 15.5 Å². The number of thioether (sulfide) groups is 1. The topological polar surface area (TPSA) is 84.1 Å². The van der Waals surface area contributed by atoms with Crippen LogP contribution in [0.25, 0.3) is 5.69 Å². The van der Waals surface area contributed by atoms with Gasteiger partial charge in [0.1, 0.15) is 11.6 Å². The van der Waals surface area contributed by atoms with Crippen molar-refractivity contribution >= 4 is 17.7 Å². The predicted octanol–water partition coefficient (Wildman–Crippen LogP) is 3.96. The van der Waals surface area contributed by atoms with Crippen LogP contribution in [0.1, 0.15) is 37.7 Å². The molecule has 0 saturated heterocycles. The smallest absolute Gasteiger partial charge is 0.233 e. The lowest BCUT2D eigenvalue weighted by atomic mass is 9.94. The molecule has 0 radical (unpaired) electrons. The maximum Gasteiger partial charge on any atom is 0.233 e. The van der Waals surface area contributed by atoms with Gasteiger partial charge < -0.3 is 10.0 Å². The molecule has 0 atom stereocenters. The summed E-state index contributed by atoms with van der Waals surface area (Å²) in [6, 6.07) is 13.1. The summed E-state index contributed by atoms with van der Waals surface area (Å²) in [5, 5.41) is 21.8. The van der Waals surface area contributed by atoms with Crippen LogP contribution in [0.2, 0.25) is 0 Å². The zero-order chi connectivity index (χ0) is 21.6. The Morgan fingerprint density at radius 3 is 2.52 bits per heavy atom. The van der Waals surface area contributed by atoms with Crippen molar-refractivity contribution in [2.45, 2.75) is 49.8 Å². The van der Waals surface area contributed by atoms with Crippen molar-refractivity contribution in [2.75, 3.05) is 5.75 Å². The van der Waals surface area contributed by atoms with Gasteiger partial charge in [-0.1, -0.05) is 43.2 Å². The van der Waals surface area contributed by atoms with Gasteiger partial charge in [0.25, 0.3) is 0 Å². The van der Waals surface area contributed by atoms with Gasteiger partial charge in [0.15, 0.2) is 0 Å². The number of carbonyl (C=O) groups excluding carboxylic acids is 1. The first-order chi connectivity index (χ1) is 15.1. The number of hydrogen-bond donors (Lipinski definition) is 1. The number of halogens is 1. The lowest BCUT2D eigenvalue weighted by Gasteiger charge is -2.34. The van der Waals surface area contributed by atoms with Crippen molar-refractivity contribution in [1.82, 2.24) is 25.1 Å². The minimum Gasteiger partial charge on any atom is -0.508 e. The van der Waals surface area contributed by atoms with E-state index in [1.165, 1.54) is 30.3 Å². The van der Waals surface area contributed by atoms with Crippen molar-refractivity contribution in [1.29, 1.82) is 0 Å². The molecule has 1 N–H and O–H groups in total. The fourth-order valence-corrected chi connectivity index (χ4v) is 4.61. The zero-order valence-corrected chi connectivity index (χ0v) is 17.8. The summed E-state index contributed by atoms with van der Waals surface area (Å²) < 4.78 is 14.8. The number of aromatic hydroxyl groups is 1. The average molecular weight is 442 g/mol. The SMILES string of the molecule is O=C(CSc1nnnn1-c1ccc(O)cc1)N(Cc1ccc(F)cc1)C1CCCCC1. The Morgan fingerprint density at radius 1 is 1.10 bits per heavy atom. The minimum absolute atomic E-state index is 0.0153. The van der Waals surface area contributed by atoms with Crippen LogP contribution in [0, 0.1) is 5.82 Å². The van der Waals surface area contributed by atoms with Gasteiger partial charge in [-0.05, 0) is 65.2 Å². The molecule has 9 heteroatoms. The first kappa shape index (κ1) is 21.3. The first-order valence-electron chi connectivity index (χ1n) is 10.3. The van der Waals surface area contributed by atoms with Crippen LogP contribution in [0.15, 0.2) is 53.7 Å². The Bertz CT molecular complexity index is 1000. The van der Waals surface area contributed by atoms with E-state index in [0.29, 0.717) is 17.4 Å². The normalized spacial score (nSPS) is 14.5. The second-order valence-electron chi connectivity index (χ2n) is 7.62. The van der Waals surface area contributed by atoms with Crippen LogP contribution in [0.3, 0.4) is 0 Å². The molecule has 1 aromatic heterocycles. The van der Waals surface area contributed by atoms with Crippen LogP contribution in [0.4, 0.5) is 4.39 Å². The van der Waals surface area contributed by atoms with E-state index in [4.69, 9.17) is 0 Å². The fraction of sp³-hybridized carbons (Fsp3) is 0.364. The molecule has 2 aromatic carbocycles. The molecule has 1 aliphatic carbocycles. The minimum atomic E-state index is -0.282. The Hall–Kier alpha value is -2.94. The van der Waals surface area contributed by atoms with Crippen molar-refractivity contribution < 1.29 is 14.3 Å². The van der Waals surface area contributed by atoms with E-state index in [0.717, 1.165) is 31.2 Å². The molecule has 3 aromatic rings. The van der Waals surface area contributed by atoms with Crippen LogP contribution in [-0.4, -0.2) is 47.9 Å². The fourth-order valence-electron chi connectivity index (χ4n) is 3.83. The molecule has 0 unspecified atom stereocenters. The van der Waals surface area contributed by atoms with Gasteiger partial charge in [-0.25, -0.2) is 4.39 Å². The highest BCUT2D eigenvalue weighted by Crippen LogP contribution is 2.26. The van der Waals surface area contributed by atoms with Gasteiger partial charge in [0.05, 0.1) is 11.4 Å². The zero-order valence-electron chi connectivity index (χ0n) is 17.0. The monoisotopic (exact) mass is 441 g/mol. The summed E-state index contributed by atoms with van der Waals surface area (Å²) in [4.78, 5) is 15.1. The molecule has 1 aliphatic rings. The quantitative estimate of drug-likeness (QED) is 0.559. The summed E-state index contributed by atoms with van der Waals surface area (Å²) in [6.45, 7) is 0.466. The van der Waals surface area contributed by atoms with Crippen LogP contribution in [0.5, 0.6) is 5.75 Å². The van der Waals surface area contributed by atoms with Gasteiger partial charge in [-0.15, -0.1) is 5.10 Å². The average Bonchev–Trinajstić information content (AvgIpc) is 3.27. The third kappa shape index (κ3) is 5.41. The molecular formula is C22H24FN5O2S. The largest absolute Gasteiger partial charge is 0.508 e. The highest BCUT2D eigenvalue weighted by atomic mass is 32.2. The molecule has 1 fully saturated rings. The van der Waals surface area contributed by atoms with E-state index in [1.54, 1.807) is 41.1 Å². The molecule has 1 saturated carbocycles. The maximum atomic E-state index is 13.3. The summed E-state index contributed by atoms with van der Waals surface area (Å²) in [5.74, 6) is 0.0957. The first-order valence-corrected chi connectivity index (χ1v) is 11.3. The molecular weight excluding hydrogens is 417 g/mol. The van der Waals surface area contributed by atoms with E-state index < -0.39 is 0 Å². The number of tetrazole rings is 1. The standard InChI is InChI=1S/C22H24FN5O2S/c23-17-8-6-16(7-9-17)14-27(18-4-2-1-3-5-18)21(30)15-31-22-24-25-26-28(22)19-10-12-20(29)13-11-19/h6-13,18,29H,1-5,14-15H2. The second kappa shape index (κ2) is 9.91. The van der Waals surface area contributed by atoms with Gasteiger partial charge in [-0.3, -0.25) is 4.79 Å². The molecule has 0 aliphatic heterocycles. The third-order valence-corrected chi connectivity index (χ3v) is 6.37. The molecule has 1 heterocycles. The molecule has 162 valence electrons. The van der Waals surface area contributed by atoms with Crippen molar-refractivity contribution in [2.24, 2.45) is 0 Å². The number of hydrogen-bond acceptors (Lipinski definition) is 6. The van der Waals surface area contributed by atoms with E-state index in [9.17, 15) is 14.3 Å². The molecule has 0 bridgehead atoms. The highest BCUT2D eigenvalue weighted by molar-refractivity contribution is 7.99. The van der Waals surface area contributed by atoms with Gasteiger partial charge in [0.2, 0.25) is 11.1 Å². The van der Waals surface area contributed by atoms with Gasteiger partial charge in [0, 0.05) is 12.6 Å². The number of amides is 1. The van der Waals surface area contributed by atoms with E-state index in [1.807, 2.05) is 4.90 Å². The maximum absolute atomic E-state index is 13.3. The van der Waals surface area contributed by atoms with Gasteiger partial charge >= 0.3 is 0 Å². The predicted molar refractivity (Wildman–Crippen MR) is 115 cm³/mol. The lowest BCUT2D eigenvalue weighted by Crippen LogP contribution is -2.42. The summed E-state index contributed by atoms with van der Waals surface area (Å²) in [5.41, 5.74) is 1.62. The number of carbonyl (C=O) groups is 1. The second-order valence-corrected chi connectivity index (χ2v) is 8.56. The van der Waals surface area contributed by atoms with Crippen molar-refractivity contribution in [3.63, 3.8) is 0 Å². The molecule has 1 amide bonds. The highest BCUT2D eigenvalue weighted by Gasteiger charge is 2.26. The molecule has 31 heavy (non-hydrogen) atoms. The van der Waals surface area contributed by atoms with Crippen LogP contribution in [-0.2, 0) is 11.3 Å². The van der Waals surface area contributed by atoms with Crippen molar-refractivity contribution in [3.8, 4) is 11.4 Å². The lowest BCUT2D eigenvalue weighted by molar-refractivity contribution is -0.132. The number of rotatable bonds is 7. The summed E-state index contributed by atoms with van der Waals surface area (Å²) >= 11 is 1.28. The Morgan fingerprint density at radius 2 is 1.81 bits per heavy atom. The number of benzene rings is 2. The molecule has 0 spiro atoms. The summed E-state index contributed by atoms with van der Waals surface area (Å²) in [6.07, 6.45) is 5.41. The summed E-state index contributed by atoms with van der Waals surface area (Å²) in [7, 11) is 0. The molecule has 7 nitrogen and oxygen atoms in total. The Balaban J connectivity index is 1.47. The van der Waals surface area contributed by atoms with E-state index >= 15 is 0 Å². The van der Waals surface area contributed by atoms with Crippen molar-refractivity contribution in [3.05, 3.63) is 59.9 Å². The van der Waals surface area contributed by atoms with E-state index in [-0.39, 0.29) is 29.3 Å². The number of nitrogens with zero attached hydrogens (tertiary/aromatic N) is 5. The number of phenols is 1. The Kier molecular flexibility index (Phi) is 6.81.